The van der Waals surface area contributed by atoms with Crippen molar-refractivity contribution in [3.8, 4) is 0 Å². The molecule has 0 spiro atoms. The Morgan fingerprint density at radius 3 is 2.85 bits per heavy atom. The normalized spacial score (nSPS) is 34.4. The van der Waals surface area contributed by atoms with Gasteiger partial charge in [0.25, 0.3) is 0 Å². The van der Waals surface area contributed by atoms with Crippen LogP contribution in [0.4, 0.5) is 0 Å². The van der Waals surface area contributed by atoms with E-state index >= 15 is 0 Å². The van der Waals surface area contributed by atoms with E-state index in [1.807, 2.05) is 6.92 Å². The minimum absolute atomic E-state index is 0.123. The van der Waals surface area contributed by atoms with Crippen LogP contribution in [0, 0.1) is 5.41 Å². The molecule has 6 heteroatoms. The van der Waals surface area contributed by atoms with Crippen molar-refractivity contribution in [2.45, 2.75) is 32.7 Å². The van der Waals surface area contributed by atoms with Crippen molar-refractivity contribution in [2.24, 2.45) is 5.41 Å². The summed E-state index contributed by atoms with van der Waals surface area (Å²) >= 11 is 0. The third-order valence-electron chi connectivity index (χ3n) is 4.46. The Bertz CT molecular complexity index is 405. The van der Waals surface area contributed by atoms with Crippen molar-refractivity contribution < 1.29 is 13.2 Å². The Kier molecular flexibility index (Phi) is 5.45. The molecule has 2 atom stereocenters. The van der Waals surface area contributed by atoms with E-state index in [4.69, 9.17) is 4.74 Å². The Morgan fingerprint density at radius 1 is 1.45 bits per heavy atom. The number of nitrogens with zero attached hydrogens (tertiary/aromatic N) is 1. The van der Waals surface area contributed by atoms with Crippen LogP contribution in [-0.4, -0.2) is 70.3 Å². The minimum Gasteiger partial charge on any atom is -0.381 e. The van der Waals surface area contributed by atoms with Gasteiger partial charge in [-0.15, -0.1) is 0 Å². The summed E-state index contributed by atoms with van der Waals surface area (Å²) in [5, 5.41) is 3.51. The first-order valence-corrected chi connectivity index (χ1v) is 9.51. The molecular weight excluding hydrogens is 276 g/mol. The second-order valence-corrected chi connectivity index (χ2v) is 8.64. The molecule has 2 unspecified atom stereocenters. The summed E-state index contributed by atoms with van der Waals surface area (Å²) in [4.78, 5) is 2.34. The fraction of sp³-hybridized carbons (Fsp3) is 1.00. The van der Waals surface area contributed by atoms with E-state index in [0.717, 1.165) is 45.7 Å². The molecule has 0 bridgehead atoms. The van der Waals surface area contributed by atoms with Gasteiger partial charge in [-0.25, -0.2) is 8.42 Å². The molecule has 2 aliphatic rings. The molecule has 1 N–H and O–H groups in total. The number of rotatable bonds is 6. The molecular formula is C14H28N2O3S. The molecule has 0 aliphatic carbocycles. The molecule has 0 aromatic heterocycles. The monoisotopic (exact) mass is 304 g/mol. The Labute approximate surface area is 123 Å². The lowest BCUT2D eigenvalue weighted by Crippen LogP contribution is -2.53. The molecule has 118 valence electrons. The molecule has 0 saturated carbocycles. The molecule has 0 aromatic carbocycles. The second-order valence-electron chi connectivity index (χ2n) is 6.41. The van der Waals surface area contributed by atoms with Crippen molar-refractivity contribution in [1.29, 1.82) is 0 Å². The summed E-state index contributed by atoms with van der Waals surface area (Å²) in [5.74, 6) is 0.600. The van der Waals surface area contributed by atoms with Crippen molar-refractivity contribution in [3.05, 3.63) is 0 Å². The van der Waals surface area contributed by atoms with Crippen LogP contribution in [0.25, 0.3) is 0 Å². The van der Waals surface area contributed by atoms with Gasteiger partial charge in [0.1, 0.15) is 0 Å². The molecule has 2 heterocycles. The van der Waals surface area contributed by atoms with Crippen LogP contribution in [0.5, 0.6) is 0 Å². The van der Waals surface area contributed by atoms with E-state index in [9.17, 15) is 8.42 Å². The average Bonchev–Trinajstić information content (AvgIpc) is 2.82. The zero-order chi connectivity index (χ0) is 14.6. The van der Waals surface area contributed by atoms with Gasteiger partial charge in [-0.3, -0.25) is 4.90 Å². The summed E-state index contributed by atoms with van der Waals surface area (Å²) in [6.07, 6.45) is 2.20. The van der Waals surface area contributed by atoms with Crippen molar-refractivity contribution in [2.75, 3.05) is 50.9 Å². The lowest BCUT2D eigenvalue weighted by atomic mass is 9.86. The first kappa shape index (κ1) is 16.2. The van der Waals surface area contributed by atoms with Crippen LogP contribution in [0.2, 0.25) is 0 Å². The van der Waals surface area contributed by atoms with E-state index in [1.54, 1.807) is 0 Å². The average molecular weight is 304 g/mol. The van der Waals surface area contributed by atoms with Crippen molar-refractivity contribution in [1.82, 2.24) is 10.2 Å². The van der Waals surface area contributed by atoms with Gasteiger partial charge in [-0.2, -0.15) is 0 Å². The zero-order valence-electron chi connectivity index (χ0n) is 12.7. The Hall–Kier alpha value is -0.170. The minimum atomic E-state index is -2.83. The smallest absolute Gasteiger partial charge is 0.153 e. The highest BCUT2D eigenvalue weighted by Gasteiger charge is 2.39. The quantitative estimate of drug-likeness (QED) is 0.725. The summed E-state index contributed by atoms with van der Waals surface area (Å²) < 4.78 is 29.0. The molecule has 0 aromatic rings. The third-order valence-corrected chi connectivity index (χ3v) is 6.25. The maximum absolute atomic E-state index is 11.7. The number of hydrogen-bond acceptors (Lipinski definition) is 5. The number of sulfone groups is 1. The van der Waals surface area contributed by atoms with Gasteiger partial charge in [0, 0.05) is 37.7 Å². The van der Waals surface area contributed by atoms with E-state index in [0.29, 0.717) is 18.1 Å². The first-order valence-electron chi connectivity index (χ1n) is 7.69. The fourth-order valence-corrected chi connectivity index (χ4v) is 4.82. The highest BCUT2D eigenvalue weighted by atomic mass is 32.2. The molecule has 20 heavy (non-hydrogen) atoms. The SMILES string of the molecule is CCCNCC1(CN2CCS(=O)(=O)CC2C)CCOC1. The molecule has 2 fully saturated rings. The van der Waals surface area contributed by atoms with E-state index < -0.39 is 9.84 Å². The predicted molar refractivity (Wildman–Crippen MR) is 80.7 cm³/mol. The Morgan fingerprint density at radius 2 is 2.25 bits per heavy atom. The number of nitrogens with one attached hydrogen (secondary N) is 1. The number of ether oxygens (including phenoxy) is 1. The Balaban J connectivity index is 1.94. The van der Waals surface area contributed by atoms with Gasteiger partial charge in [-0.05, 0) is 26.3 Å². The van der Waals surface area contributed by atoms with Crippen LogP contribution in [0.3, 0.4) is 0 Å². The number of hydrogen-bond donors (Lipinski definition) is 1. The third kappa shape index (κ3) is 4.16. The summed E-state index contributed by atoms with van der Waals surface area (Å²) in [6.45, 7) is 9.43. The highest BCUT2D eigenvalue weighted by molar-refractivity contribution is 7.91. The maximum atomic E-state index is 11.7. The van der Waals surface area contributed by atoms with Crippen LogP contribution in [0.1, 0.15) is 26.7 Å². The topological polar surface area (TPSA) is 58.6 Å². The summed E-state index contributed by atoms with van der Waals surface area (Å²) in [6, 6.07) is 0.123. The van der Waals surface area contributed by atoms with E-state index in [1.165, 1.54) is 0 Å². The molecule has 2 saturated heterocycles. The zero-order valence-corrected chi connectivity index (χ0v) is 13.5. The highest BCUT2D eigenvalue weighted by Crippen LogP contribution is 2.30. The van der Waals surface area contributed by atoms with Gasteiger partial charge in [0.15, 0.2) is 9.84 Å². The predicted octanol–water partition coefficient (Wildman–Crippen LogP) is 0.512. The second kappa shape index (κ2) is 6.73. The maximum Gasteiger partial charge on any atom is 0.153 e. The largest absolute Gasteiger partial charge is 0.381 e. The lowest BCUT2D eigenvalue weighted by molar-refractivity contribution is 0.0947. The van der Waals surface area contributed by atoms with Crippen LogP contribution < -0.4 is 5.32 Å². The van der Waals surface area contributed by atoms with Gasteiger partial charge < -0.3 is 10.1 Å². The molecule has 0 amide bonds. The lowest BCUT2D eigenvalue weighted by Gasteiger charge is -2.40. The van der Waals surface area contributed by atoms with Crippen LogP contribution >= 0.6 is 0 Å². The van der Waals surface area contributed by atoms with Crippen LogP contribution in [-0.2, 0) is 14.6 Å². The van der Waals surface area contributed by atoms with Crippen molar-refractivity contribution >= 4 is 9.84 Å². The first-order chi connectivity index (χ1) is 9.46. The van der Waals surface area contributed by atoms with Gasteiger partial charge >= 0.3 is 0 Å². The van der Waals surface area contributed by atoms with Crippen molar-refractivity contribution in [3.63, 3.8) is 0 Å². The van der Waals surface area contributed by atoms with Gasteiger partial charge in [0.05, 0.1) is 18.1 Å². The van der Waals surface area contributed by atoms with E-state index in [2.05, 4.69) is 17.1 Å². The van der Waals surface area contributed by atoms with Gasteiger partial charge in [-0.1, -0.05) is 6.92 Å². The molecule has 5 nitrogen and oxygen atoms in total. The van der Waals surface area contributed by atoms with Crippen LogP contribution in [0.15, 0.2) is 0 Å². The molecule has 2 aliphatic heterocycles. The van der Waals surface area contributed by atoms with Gasteiger partial charge in [0.2, 0.25) is 0 Å². The molecule has 0 radical (unpaired) electrons. The standard InChI is InChI=1S/C14H28N2O3S/c1-3-5-15-10-14(4-7-19-12-14)11-16-6-8-20(17,18)9-13(16)2/h13,15H,3-12H2,1-2H3. The summed E-state index contributed by atoms with van der Waals surface area (Å²) in [5.41, 5.74) is 0.157. The molecule has 2 rings (SSSR count). The summed E-state index contributed by atoms with van der Waals surface area (Å²) in [7, 11) is -2.83. The van der Waals surface area contributed by atoms with E-state index in [-0.39, 0.29) is 11.5 Å². The fourth-order valence-electron chi connectivity index (χ4n) is 3.20.